The highest BCUT2D eigenvalue weighted by Crippen LogP contribution is 2.41. The third kappa shape index (κ3) is 0.809. The van der Waals surface area contributed by atoms with Crippen molar-refractivity contribution in [1.82, 2.24) is 0 Å². The van der Waals surface area contributed by atoms with Crippen molar-refractivity contribution in [2.45, 2.75) is 5.60 Å². The molecule has 1 aliphatic carbocycles. The molecule has 0 radical (unpaired) electrons. The Labute approximate surface area is 81.9 Å². The van der Waals surface area contributed by atoms with Crippen molar-refractivity contribution < 1.29 is 5.11 Å². The van der Waals surface area contributed by atoms with Crippen LogP contribution in [0.15, 0.2) is 47.1 Å². The number of benzene rings is 1. The molecule has 2 heteroatoms. The van der Waals surface area contributed by atoms with Crippen LogP contribution in [0.25, 0.3) is 6.08 Å². The van der Waals surface area contributed by atoms with Gasteiger partial charge in [-0.15, -0.1) is 0 Å². The molecule has 1 aromatic carbocycles. The van der Waals surface area contributed by atoms with Gasteiger partial charge in [-0.25, -0.2) is 0 Å². The largest absolute Gasteiger partial charge is 0.377 e. The Morgan fingerprint density at radius 2 is 2.07 bits per heavy atom. The monoisotopic (exact) mass is 183 g/mol. The summed E-state index contributed by atoms with van der Waals surface area (Å²) in [4.78, 5) is 4.01. The van der Waals surface area contributed by atoms with Crippen molar-refractivity contribution >= 4 is 12.3 Å². The molecule has 1 aliphatic heterocycles. The summed E-state index contributed by atoms with van der Waals surface area (Å²) in [6.45, 7) is 0. The maximum absolute atomic E-state index is 10.4. The molecule has 14 heavy (non-hydrogen) atoms. The quantitative estimate of drug-likeness (QED) is 0.654. The average Bonchev–Trinajstić information content (AvgIpc) is 2.51. The van der Waals surface area contributed by atoms with Crippen LogP contribution in [0.3, 0.4) is 0 Å². The molecular weight excluding hydrogens is 174 g/mol. The van der Waals surface area contributed by atoms with Gasteiger partial charge < -0.3 is 5.11 Å². The maximum Gasteiger partial charge on any atom is 0.137 e. The first-order valence-electron chi connectivity index (χ1n) is 4.56. The molecule has 3 rings (SSSR count). The zero-order valence-corrected chi connectivity index (χ0v) is 7.51. The van der Waals surface area contributed by atoms with Crippen LogP contribution in [-0.2, 0) is 5.60 Å². The maximum atomic E-state index is 10.4. The molecule has 0 spiro atoms. The van der Waals surface area contributed by atoms with Crippen LogP contribution in [0.2, 0.25) is 0 Å². The van der Waals surface area contributed by atoms with E-state index in [0.717, 1.165) is 16.7 Å². The predicted octanol–water partition coefficient (Wildman–Crippen LogP) is 1.87. The normalized spacial score (nSPS) is 27.1. The van der Waals surface area contributed by atoms with Gasteiger partial charge in [-0.2, -0.15) is 0 Å². The molecule has 68 valence electrons. The van der Waals surface area contributed by atoms with E-state index >= 15 is 0 Å². The van der Waals surface area contributed by atoms with E-state index in [1.807, 2.05) is 30.3 Å². The summed E-state index contributed by atoms with van der Waals surface area (Å²) in [6, 6.07) is 7.85. The number of aliphatic imine (C=N–C) groups is 1. The molecule has 1 heterocycles. The summed E-state index contributed by atoms with van der Waals surface area (Å²) < 4.78 is 0. The first-order chi connectivity index (χ1) is 6.81. The summed E-state index contributed by atoms with van der Waals surface area (Å²) in [5.74, 6) is 0. The Morgan fingerprint density at radius 3 is 3.00 bits per heavy atom. The lowest BCUT2D eigenvalue weighted by Crippen LogP contribution is -2.25. The Bertz CT molecular complexity index is 485. The molecule has 0 fully saturated rings. The zero-order chi connectivity index (χ0) is 9.60. The van der Waals surface area contributed by atoms with Gasteiger partial charge in [0.25, 0.3) is 0 Å². The molecule has 0 bridgehead atoms. The van der Waals surface area contributed by atoms with Gasteiger partial charge in [0.05, 0.1) is 0 Å². The van der Waals surface area contributed by atoms with Gasteiger partial charge >= 0.3 is 0 Å². The SMILES string of the molecule is OC12C=CN=CC1=Cc1ccccc12. The van der Waals surface area contributed by atoms with Crippen LogP contribution in [0.5, 0.6) is 0 Å². The second kappa shape index (κ2) is 2.42. The number of hydrogen-bond acceptors (Lipinski definition) is 2. The minimum absolute atomic E-state index is 0.848. The van der Waals surface area contributed by atoms with Gasteiger partial charge in [0.1, 0.15) is 5.60 Å². The fourth-order valence-corrected chi connectivity index (χ4v) is 2.00. The molecule has 2 nitrogen and oxygen atoms in total. The number of aliphatic hydroxyl groups is 1. The van der Waals surface area contributed by atoms with Crippen LogP contribution in [-0.4, -0.2) is 11.3 Å². The van der Waals surface area contributed by atoms with Crippen LogP contribution in [0, 0.1) is 0 Å². The molecule has 1 aromatic rings. The molecule has 0 amide bonds. The fourth-order valence-electron chi connectivity index (χ4n) is 2.00. The molecule has 1 N–H and O–H groups in total. The molecule has 0 aromatic heterocycles. The Kier molecular flexibility index (Phi) is 1.33. The van der Waals surface area contributed by atoms with Crippen LogP contribution >= 0.6 is 0 Å². The third-order valence-electron chi connectivity index (χ3n) is 2.74. The lowest BCUT2D eigenvalue weighted by Gasteiger charge is -2.23. The van der Waals surface area contributed by atoms with E-state index in [1.165, 1.54) is 0 Å². The molecule has 2 aliphatic rings. The van der Waals surface area contributed by atoms with E-state index in [1.54, 1.807) is 18.5 Å². The lowest BCUT2D eigenvalue weighted by atomic mass is 9.90. The summed E-state index contributed by atoms with van der Waals surface area (Å²) in [5, 5.41) is 10.4. The van der Waals surface area contributed by atoms with Crippen molar-refractivity contribution in [1.29, 1.82) is 0 Å². The summed E-state index contributed by atoms with van der Waals surface area (Å²) in [5.41, 5.74) is 1.92. The molecule has 0 saturated heterocycles. The highest BCUT2D eigenvalue weighted by atomic mass is 16.3. The van der Waals surface area contributed by atoms with Gasteiger partial charge in [-0.3, -0.25) is 4.99 Å². The Hall–Kier alpha value is -1.67. The van der Waals surface area contributed by atoms with Gasteiger partial charge in [-0.1, -0.05) is 24.3 Å². The van der Waals surface area contributed by atoms with Crippen molar-refractivity contribution in [3.63, 3.8) is 0 Å². The third-order valence-corrected chi connectivity index (χ3v) is 2.74. The first-order valence-corrected chi connectivity index (χ1v) is 4.56. The fraction of sp³-hybridized carbons (Fsp3) is 0.0833. The number of hydrogen-bond donors (Lipinski definition) is 1. The van der Waals surface area contributed by atoms with Crippen molar-refractivity contribution in [2.24, 2.45) is 4.99 Å². The predicted molar refractivity (Wildman–Crippen MR) is 55.9 cm³/mol. The molecule has 1 atom stereocenters. The molecular formula is C12H9NO. The summed E-state index contributed by atoms with van der Waals surface area (Å²) >= 11 is 0. The van der Waals surface area contributed by atoms with Crippen molar-refractivity contribution in [3.8, 4) is 0 Å². The number of rotatable bonds is 0. The van der Waals surface area contributed by atoms with E-state index in [-0.39, 0.29) is 0 Å². The van der Waals surface area contributed by atoms with E-state index < -0.39 is 5.60 Å². The standard InChI is InChI=1S/C12H9NO/c14-12-5-6-13-8-10(12)7-9-3-1-2-4-11(9)12/h1-8,14H. The highest BCUT2D eigenvalue weighted by Gasteiger charge is 2.37. The van der Waals surface area contributed by atoms with E-state index in [0.29, 0.717) is 0 Å². The topological polar surface area (TPSA) is 32.6 Å². The smallest absolute Gasteiger partial charge is 0.137 e. The van der Waals surface area contributed by atoms with Gasteiger partial charge in [-0.05, 0) is 23.3 Å². The van der Waals surface area contributed by atoms with Crippen molar-refractivity contribution in [2.75, 3.05) is 0 Å². The number of nitrogens with zero attached hydrogens (tertiary/aromatic N) is 1. The second-order valence-corrected chi connectivity index (χ2v) is 3.55. The summed E-state index contributed by atoms with van der Waals surface area (Å²) in [6.07, 6.45) is 7.05. The minimum Gasteiger partial charge on any atom is -0.377 e. The van der Waals surface area contributed by atoms with Crippen LogP contribution < -0.4 is 0 Å². The van der Waals surface area contributed by atoms with Gasteiger partial charge in [0, 0.05) is 18.0 Å². The lowest BCUT2D eigenvalue weighted by molar-refractivity contribution is 0.139. The first kappa shape index (κ1) is 7.71. The Morgan fingerprint density at radius 1 is 1.21 bits per heavy atom. The van der Waals surface area contributed by atoms with Crippen LogP contribution in [0.1, 0.15) is 11.1 Å². The van der Waals surface area contributed by atoms with E-state index in [9.17, 15) is 5.11 Å². The van der Waals surface area contributed by atoms with Crippen LogP contribution in [0.4, 0.5) is 0 Å². The zero-order valence-electron chi connectivity index (χ0n) is 7.51. The number of fused-ring (bicyclic) bond motifs is 3. The minimum atomic E-state index is -0.946. The highest BCUT2D eigenvalue weighted by molar-refractivity contribution is 5.94. The van der Waals surface area contributed by atoms with E-state index in [2.05, 4.69) is 4.99 Å². The Balaban J connectivity index is 2.30. The average molecular weight is 183 g/mol. The van der Waals surface area contributed by atoms with E-state index in [4.69, 9.17) is 0 Å². The van der Waals surface area contributed by atoms with Gasteiger partial charge in [0.15, 0.2) is 0 Å². The van der Waals surface area contributed by atoms with Gasteiger partial charge in [0.2, 0.25) is 0 Å². The van der Waals surface area contributed by atoms with Crippen molar-refractivity contribution in [3.05, 3.63) is 53.2 Å². The summed E-state index contributed by atoms with van der Waals surface area (Å²) in [7, 11) is 0. The molecule has 1 unspecified atom stereocenters. The second-order valence-electron chi connectivity index (χ2n) is 3.55. The molecule has 0 saturated carbocycles.